The van der Waals surface area contributed by atoms with Crippen molar-refractivity contribution >= 4 is 28.3 Å². The summed E-state index contributed by atoms with van der Waals surface area (Å²) in [5.74, 6) is 0.959. The zero-order valence-electron chi connectivity index (χ0n) is 20.9. The van der Waals surface area contributed by atoms with Gasteiger partial charge in [-0.25, -0.2) is 0 Å². The molecule has 0 unspecified atom stereocenters. The number of aryl methyl sites for hydroxylation is 1. The second kappa shape index (κ2) is 11.3. The molecule has 1 amide bonds. The zero-order valence-corrected chi connectivity index (χ0v) is 22.5. The van der Waals surface area contributed by atoms with Crippen LogP contribution in [0, 0.1) is 4.78 Å². The van der Waals surface area contributed by atoms with Crippen LogP contribution in [0.1, 0.15) is 33.9 Å². The molecule has 194 valence electrons. The standard InChI is InChI=1S/C27H27N2O6S2/c1-33-21-13-15-9-11-19(29-27(31)17-7-5-6-8-23(17)37(28)32)18-14-20(30)22(36-4)12-10-16(18)24(15)26(35-3)25(21)34-2/h5-8,10,12-14,19,28H,9,11H2,1-4H3,(H,29,31)/q-1/t19-/m0/s1. The van der Waals surface area contributed by atoms with Gasteiger partial charge in [-0.3, -0.25) is 9.59 Å². The van der Waals surface area contributed by atoms with Crippen LogP contribution >= 0.6 is 11.8 Å². The highest BCUT2D eigenvalue weighted by atomic mass is 32.2. The number of carbonyl (C=O) groups excluding carboxylic acids is 1. The van der Waals surface area contributed by atoms with Gasteiger partial charge in [0.25, 0.3) is 0 Å². The van der Waals surface area contributed by atoms with Crippen LogP contribution in [0.25, 0.3) is 11.1 Å². The van der Waals surface area contributed by atoms with E-state index in [4.69, 9.17) is 19.0 Å². The molecule has 3 aromatic carbocycles. The first-order valence-corrected chi connectivity index (χ1v) is 13.8. The van der Waals surface area contributed by atoms with Crippen molar-refractivity contribution in [1.82, 2.24) is 5.32 Å². The molecule has 1 aliphatic rings. The van der Waals surface area contributed by atoms with E-state index in [0.29, 0.717) is 40.5 Å². The molecule has 0 saturated heterocycles. The topological polar surface area (TPSA) is 115 Å². The number of ether oxygens (including phenoxy) is 3. The molecule has 0 aromatic heterocycles. The van der Waals surface area contributed by atoms with Crippen LogP contribution in [0.15, 0.2) is 63.1 Å². The van der Waals surface area contributed by atoms with Gasteiger partial charge in [0.2, 0.25) is 11.7 Å². The van der Waals surface area contributed by atoms with Gasteiger partial charge in [0.15, 0.2) is 16.9 Å². The lowest BCUT2D eigenvalue weighted by molar-refractivity contribution is 0.0931. The molecule has 10 heteroatoms. The summed E-state index contributed by atoms with van der Waals surface area (Å²) in [6.07, 6.45) is 2.86. The first-order valence-electron chi connectivity index (χ1n) is 11.4. The van der Waals surface area contributed by atoms with E-state index in [1.165, 1.54) is 31.0 Å². The molecule has 0 saturated carbocycles. The fourth-order valence-electron chi connectivity index (χ4n) is 4.67. The summed E-state index contributed by atoms with van der Waals surface area (Å²) in [5.41, 5.74) is 3.04. The molecule has 0 radical (unpaired) electrons. The number of methoxy groups -OCH3 is 3. The molecule has 0 heterocycles. The predicted molar refractivity (Wildman–Crippen MR) is 144 cm³/mol. The van der Waals surface area contributed by atoms with Crippen molar-refractivity contribution in [2.24, 2.45) is 0 Å². The summed E-state index contributed by atoms with van der Waals surface area (Å²) < 4.78 is 36.6. The Balaban J connectivity index is 1.94. The van der Waals surface area contributed by atoms with Gasteiger partial charge in [-0.1, -0.05) is 35.2 Å². The third-order valence-corrected chi connectivity index (χ3v) is 7.89. The van der Waals surface area contributed by atoms with E-state index in [9.17, 15) is 13.8 Å². The van der Waals surface area contributed by atoms with E-state index in [-0.39, 0.29) is 15.9 Å². The van der Waals surface area contributed by atoms with Gasteiger partial charge in [0.05, 0.1) is 32.3 Å². The molecule has 4 rings (SSSR count). The molecular formula is C27H27N2O6S2-. The Bertz CT molecular complexity index is 1500. The van der Waals surface area contributed by atoms with Gasteiger partial charge in [-0.05, 0) is 54.0 Å². The highest BCUT2D eigenvalue weighted by Gasteiger charge is 2.30. The Hall–Kier alpha value is -3.50. The Labute approximate surface area is 221 Å². The Morgan fingerprint density at radius 3 is 2.43 bits per heavy atom. The molecule has 8 nitrogen and oxygen atoms in total. The Morgan fingerprint density at radius 2 is 1.78 bits per heavy atom. The van der Waals surface area contributed by atoms with E-state index >= 15 is 0 Å². The lowest BCUT2D eigenvalue weighted by Gasteiger charge is -2.21. The molecule has 0 spiro atoms. The maximum absolute atomic E-state index is 13.4. The van der Waals surface area contributed by atoms with Crippen LogP contribution in [-0.4, -0.2) is 33.5 Å². The highest BCUT2D eigenvalue weighted by molar-refractivity contribution is 7.98. The monoisotopic (exact) mass is 539 g/mol. The fraction of sp³-hybridized carbons (Fsp3) is 0.259. The molecular weight excluding hydrogens is 512 g/mol. The van der Waals surface area contributed by atoms with Crippen molar-refractivity contribution in [1.29, 1.82) is 4.78 Å². The van der Waals surface area contributed by atoms with Crippen LogP contribution < -0.4 is 25.0 Å². The number of hydrogen-bond donors (Lipinski definition) is 2. The average Bonchev–Trinajstić information content (AvgIpc) is 3.15. The molecule has 3 aromatic rings. The number of fused-ring (bicyclic) bond motifs is 3. The summed E-state index contributed by atoms with van der Waals surface area (Å²) in [6.45, 7) is 0. The third-order valence-electron chi connectivity index (χ3n) is 6.36. The van der Waals surface area contributed by atoms with Crippen LogP contribution in [-0.2, 0) is 21.2 Å². The van der Waals surface area contributed by atoms with Crippen molar-refractivity contribution in [3.05, 3.63) is 75.4 Å². The summed E-state index contributed by atoms with van der Waals surface area (Å²) >= 11 is 1.34. The molecule has 0 fully saturated rings. The number of thioether (sulfide) groups is 1. The molecule has 1 atom stereocenters. The molecule has 0 bridgehead atoms. The van der Waals surface area contributed by atoms with Crippen LogP contribution in [0.3, 0.4) is 0 Å². The smallest absolute Gasteiger partial charge is 0.250 e. The zero-order chi connectivity index (χ0) is 26.7. The maximum Gasteiger partial charge on any atom is 0.250 e. The number of carbonyl (C=O) groups is 1. The fourth-order valence-corrected chi connectivity index (χ4v) is 5.70. The van der Waals surface area contributed by atoms with E-state index in [1.54, 1.807) is 38.5 Å². The van der Waals surface area contributed by atoms with E-state index < -0.39 is 22.5 Å². The summed E-state index contributed by atoms with van der Waals surface area (Å²) in [6, 6.07) is 12.9. The van der Waals surface area contributed by atoms with Crippen LogP contribution in [0.4, 0.5) is 0 Å². The minimum atomic E-state index is -2.08. The minimum absolute atomic E-state index is 0.126. The third kappa shape index (κ3) is 5.03. The second-order valence-corrected chi connectivity index (χ2v) is 10.1. The number of benzene rings is 2. The number of nitrogens with one attached hydrogen (secondary N) is 2. The van der Waals surface area contributed by atoms with Gasteiger partial charge >= 0.3 is 0 Å². The van der Waals surface area contributed by atoms with Gasteiger partial charge in [0.1, 0.15) is 0 Å². The molecule has 0 aliphatic heterocycles. The van der Waals surface area contributed by atoms with Crippen LogP contribution in [0.2, 0.25) is 0 Å². The number of hydrogen-bond acceptors (Lipinski definition) is 9. The average molecular weight is 540 g/mol. The SMILES string of the molecule is COc1cc2c(c(OC)c1OC)-c1ccc(SC)c(=O)cc1[C@@H](NC(=O)c1ccccc1[S-](=N)=O)CC2. The van der Waals surface area contributed by atoms with Gasteiger partial charge in [-0.15, -0.1) is 11.8 Å². The van der Waals surface area contributed by atoms with Crippen molar-refractivity contribution in [2.45, 2.75) is 28.7 Å². The molecule has 2 N–H and O–H groups in total. The summed E-state index contributed by atoms with van der Waals surface area (Å²) in [5, 5.41) is 3.03. The van der Waals surface area contributed by atoms with Gasteiger partial charge in [-0.2, -0.15) is 10.6 Å². The van der Waals surface area contributed by atoms with E-state index in [0.717, 1.165) is 16.7 Å². The Kier molecular flexibility index (Phi) is 8.09. The van der Waals surface area contributed by atoms with Gasteiger partial charge in [0, 0.05) is 11.1 Å². The largest absolute Gasteiger partial charge is 0.493 e. The molecule has 37 heavy (non-hydrogen) atoms. The van der Waals surface area contributed by atoms with Crippen molar-refractivity contribution in [3.8, 4) is 28.4 Å². The lowest BCUT2D eigenvalue weighted by atomic mass is 9.95. The summed E-state index contributed by atoms with van der Waals surface area (Å²) in [4.78, 5) is 27.2. The van der Waals surface area contributed by atoms with Gasteiger partial charge < -0.3 is 28.5 Å². The lowest BCUT2D eigenvalue weighted by Crippen LogP contribution is -2.29. The Morgan fingerprint density at radius 1 is 1.05 bits per heavy atom. The van der Waals surface area contributed by atoms with Crippen molar-refractivity contribution in [3.63, 3.8) is 0 Å². The molecule has 1 aliphatic carbocycles. The predicted octanol–water partition coefficient (Wildman–Crippen LogP) is 4.96. The van der Waals surface area contributed by atoms with Crippen molar-refractivity contribution < 1.29 is 23.2 Å². The first-order chi connectivity index (χ1) is 17.8. The number of amides is 1. The normalized spacial score (nSPS) is 14.2. The second-order valence-electron chi connectivity index (χ2n) is 8.29. The minimum Gasteiger partial charge on any atom is -0.493 e. The van der Waals surface area contributed by atoms with Crippen molar-refractivity contribution in [2.75, 3.05) is 27.6 Å². The summed E-state index contributed by atoms with van der Waals surface area (Å²) in [7, 11) is 2.56. The highest BCUT2D eigenvalue weighted by Crippen LogP contribution is 2.50. The van der Waals surface area contributed by atoms with E-state index in [1.807, 2.05) is 18.4 Å². The first kappa shape index (κ1) is 26.6. The van der Waals surface area contributed by atoms with Crippen LogP contribution in [0.5, 0.6) is 17.2 Å². The number of rotatable bonds is 7. The van der Waals surface area contributed by atoms with E-state index in [2.05, 4.69) is 5.32 Å². The maximum atomic E-state index is 13.4. The quantitative estimate of drug-likeness (QED) is 0.322.